The van der Waals surface area contributed by atoms with Gasteiger partial charge in [0.1, 0.15) is 11.4 Å². The molecule has 3 nitrogen and oxygen atoms in total. The lowest BCUT2D eigenvalue weighted by molar-refractivity contribution is -0.154. The van der Waals surface area contributed by atoms with Gasteiger partial charge in [0, 0.05) is 12.8 Å². The minimum absolute atomic E-state index is 0.157. The number of furan rings is 1. The average Bonchev–Trinajstić information content (AvgIpc) is 2.48. The monoisotopic (exact) mass is 288 g/mol. The van der Waals surface area contributed by atoms with E-state index in [1.54, 1.807) is 6.26 Å². The minimum atomic E-state index is -0.400. The lowest BCUT2D eigenvalue weighted by atomic mass is 10.1. The Hall–Kier alpha value is -0.770. The van der Waals surface area contributed by atoms with Crippen molar-refractivity contribution < 1.29 is 13.9 Å². The molecule has 0 aliphatic heterocycles. The highest BCUT2D eigenvalue weighted by Crippen LogP contribution is 2.19. The fourth-order valence-corrected chi connectivity index (χ4v) is 1.69. The van der Waals surface area contributed by atoms with Gasteiger partial charge >= 0.3 is 5.97 Å². The van der Waals surface area contributed by atoms with E-state index in [9.17, 15) is 4.79 Å². The smallest absolute Gasteiger partial charge is 0.306 e. The normalized spacial score (nSPS) is 11.5. The summed E-state index contributed by atoms with van der Waals surface area (Å²) in [6.45, 7) is 5.61. The Balaban J connectivity index is 2.26. The number of esters is 1. The Morgan fingerprint density at radius 2 is 2.19 bits per heavy atom. The van der Waals surface area contributed by atoms with Crippen LogP contribution in [0.25, 0.3) is 0 Å². The van der Waals surface area contributed by atoms with E-state index in [0.29, 0.717) is 6.42 Å². The first kappa shape index (κ1) is 13.3. The number of carbonyl (C=O) groups excluding carboxylic acids is 1. The van der Waals surface area contributed by atoms with E-state index in [1.165, 1.54) is 0 Å². The molecule has 0 unspecified atom stereocenters. The molecule has 0 fully saturated rings. The van der Waals surface area contributed by atoms with E-state index in [4.69, 9.17) is 9.15 Å². The number of halogens is 1. The summed E-state index contributed by atoms with van der Waals surface area (Å²) in [5.41, 5.74) is -0.400. The molecule has 0 amide bonds. The van der Waals surface area contributed by atoms with E-state index in [1.807, 2.05) is 26.8 Å². The fourth-order valence-electron chi connectivity index (χ4n) is 1.29. The van der Waals surface area contributed by atoms with Crippen molar-refractivity contribution in [3.63, 3.8) is 0 Å². The Morgan fingerprint density at radius 3 is 2.69 bits per heavy atom. The Labute approximate surface area is 104 Å². The highest BCUT2D eigenvalue weighted by molar-refractivity contribution is 9.10. The topological polar surface area (TPSA) is 39.4 Å². The van der Waals surface area contributed by atoms with Crippen LogP contribution in [0.5, 0.6) is 0 Å². The molecule has 0 N–H and O–H groups in total. The molecule has 0 saturated carbocycles. The third-order valence-corrected chi connectivity index (χ3v) is 2.60. The summed E-state index contributed by atoms with van der Waals surface area (Å²) < 4.78 is 11.4. The number of ether oxygens (including phenoxy) is 1. The predicted octanol–water partition coefficient (Wildman–Crippen LogP) is 3.71. The largest absolute Gasteiger partial charge is 0.468 e. The molecule has 0 radical (unpaired) electrons. The third kappa shape index (κ3) is 4.84. The van der Waals surface area contributed by atoms with Crippen molar-refractivity contribution in [3.05, 3.63) is 22.6 Å². The van der Waals surface area contributed by atoms with Crippen LogP contribution < -0.4 is 0 Å². The SMILES string of the molecule is CC(C)(C)OC(=O)CCCc1occc1Br. The van der Waals surface area contributed by atoms with Gasteiger partial charge in [0.15, 0.2) is 0 Å². The zero-order chi connectivity index (χ0) is 12.2. The van der Waals surface area contributed by atoms with Gasteiger partial charge in [0.05, 0.1) is 10.7 Å². The highest BCUT2D eigenvalue weighted by Gasteiger charge is 2.16. The molecule has 90 valence electrons. The van der Waals surface area contributed by atoms with Crippen LogP contribution in [0.15, 0.2) is 21.2 Å². The van der Waals surface area contributed by atoms with Gasteiger partial charge in [-0.2, -0.15) is 0 Å². The van der Waals surface area contributed by atoms with Crippen LogP contribution in [-0.4, -0.2) is 11.6 Å². The molecular weight excluding hydrogens is 272 g/mol. The van der Waals surface area contributed by atoms with Gasteiger partial charge in [-0.15, -0.1) is 0 Å². The second kappa shape index (κ2) is 5.53. The van der Waals surface area contributed by atoms with Gasteiger partial charge in [0.2, 0.25) is 0 Å². The Bertz CT molecular complexity index is 349. The van der Waals surface area contributed by atoms with Gasteiger partial charge in [-0.3, -0.25) is 4.79 Å². The van der Waals surface area contributed by atoms with Crippen molar-refractivity contribution >= 4 is 21.9 Å². The summed E-state index contributed by atoms with van der Waals surface area (Å²) in [5, 5.41) is 0. The Kier molecular flexibility index (Phi) is 4.59. The molecule has 0 aliphatic carbocycles. The molecule has 1 aromatic heterocycles. The summed E-state index contributed by atoms with van der Waals surface area (Å²) in [6.07, 6.45) is 3.53. The predicted molar refractivity (Wildman–Crippen MR) is 65.2 cm³/mol. The maximum Gasteiger partial charge on any atom is 0.306 e. The number of hydrogen-bond acceptors (Lipinski definition) is 3. The molecule has 0 aromatic carbocycles. The molecule has 0 aliphatic rings. The standard InChI is InChI=1S/C12H17BrO3/c1-12(2,3)16-11(14)6-4-5-10-9(13)7-8-15-10/h7-8H,4-6H2,1-3H3. The lowest BCUT2D eigenvalue weighted by Crippen LogP contribution is -2.23. The Morgan fingerprint density at radius 1 is 1.50 bits per heavy atom. The van der Waals surface area contributed by atoms with Crippen LogP contribution in [0.2, 0.25) is 0 Å². The summed E-state index contributed by atoms with van der Waals surface area (Å²) >= 11 is 3.37. The third-order valence-electron chi connectivity index (χ3n) is 1.90. The van der Waals surface area contributed by atoms with Gasteiger partial charge in [-0.25, -0.2) is 0 Å². The zero-order valence-corrected chi connectivity index (χ0v) is 11.5. The number of carbonyl (C=O) groups is 1. The highest BCUT2D eigenvalue weighted by atomic mass is 79.9. The van der Waals surface area contributed by atoms with Crippen molar-refractivity contribution in [2.75, 3.05) is 0 Å². The molecule has 0 bridgehead atoms. The van der Waals surface area contributed by atoms with E-state index >= 15 is 0 Å². The maximum absolute atomic E-state index is 11.4. The summed E-state index contributed by atoms with van der Waals surface area (Å²) in [4.78, 5) is 11.4. The summed E-state index contributed by atoms with van der Waals surface area (Å²) in [6, 6.07) is 1.85. The van der Waals surface area contributed by atoms with Crippen LogP contribution in [0.1, 0.15) is 39.4 Å². The van der Waals surface area contributed by atoms with Gasteiger partial charge in [-0.05, 0) is 49.2 Å². The number of rotatable bonds is 4. The summed E-state index contributed by atoms with van der Waals surface area (Å²) in [5.74, 6) is 0.721. The second-order valence-electron chi connectivity index (χ2n) is 4.63. The molecule has 16 heavy (non-hydrogen) atoms. The van der Waals surface area contributed by atoms with Gasteiger partial charge in [-0.1, -0.05) is 0 Å². The zero-order valence-electron chi connectivity index (χ0n) is 9.88. The first-order valence-corrected chi connectivity index (χ1v) is 6.11. The van der Waals surface area contributed by atoms with Crippen molar-refractivity contribution in [3.8, 4) is 0 Å². The minimum Gasteiger partial charge on any atom is -0.468 e. The second-order valence-corrected chi connectivity index (χ2v) is 5.49. The molecule has 1 aromatic rings. The molecule has 0 saturated heterocycles. The van der Waals surface area contributed by atoms with E-state index in [-0.39, 0.29) is 5.97 Å². The van der Waals surface area contributed by atoms with Crippen molar-refractivity contribution in [2.45, 2.75) is 45.6 Å². The molecule has 0 atom stereocenters. The van der Waals surface area contributed by atoms with Crippen LogP contribution in [0.4, 0.5) is 0 Å². The van der Waals surface area contributed by atoms with Crippen LogP contribution in [0.3, 0.4) is 0 Å². The molecule has 1 heterocycles. The molecule has 0 spiro atoms. The van der Waals surface area contributed by atoms with Gasteiger partial charge in [0.25, 0.3) is 0 Å². The molecular formula is C12H17BrO3. The molecule has 4 heteroatoms. The van der Waals surface area contributed by atoms with Crippen molar-refractivity contribution in [1.82, 2.24) is 0 Å². The average molecular weight is 289 g/mol. The fraction of sp³-hybridized carbons (Fsp3) is 0.583. The number of hydrogen-bond donors (Lipinski definition) is 0. The van der Waals surface area contributed by atoms with Gasteiger partial charge < -0.3 is 9.15 Å². The first-order chi connectivity index (χ1) is 7.38. The van der Waals surface area contributed by atoms with E-state index in [2.05, 4.69) is 15.9 Å². The van der Waals surface area contributed by atoms with E-state index in [0.717, 1.165) is 23.1 Å². The van der Waals surface area contributed by atoms with Crippen molar-refractivity contribution in [1.29, 1.82) is 0 Å². The summed E-state index contributed by atoms with van der Waals surface area (Å²) in [7, 11) is 0. The number of aryl methyl sites for hydroxylation is 1. The van der Waals surface area contributed by atoms with E-state index < -0.39 is 5.60 Å². The molecule has 1 rings (SSSR count). The van der Waals surface area contributed by atoms with Crippen LogP contribution in [-0.2, 0) is 16.0 Å². The van der Waals surface area contributed by atoms with Crippen LogP contribution in [0, 0.1) is 0 Å². The first-order valence-electron chi connectivity index (χ1n) is 5.32. The maximum atomic E-state index is 11.4. The van der Waals surface area contributed by atoms with Crippen molar-refractivity contribution in [2.24, 2.45) is 0 Å². The quantitative estimate of drug-likeness (QED) is 0.793. The van der Waals surface area contributed by atoms with Crippen LogP contribution >= 0.6 is 15.9 Å². The lowest BCUT2D eigenvalue weighted by Gasteiger charge is -2.19.